The van der Waals surface area contributed by atoms with E-state index in [9.17, 15) is 18.3 Å². The average Bonchev–Trinajstić information content (AvgIpc) is 2.41. The van der Waals surface area contributed by atoms with Crippen LogP contribution in [0.1, 0.15) is 11.1 Å². The molecule has 2 rings (SSSR count). The van der Waals surface area contributed by atoms with Crippen LogP contribution < -0.4 is 0 Å². The molecule has 0 spiro atoms. The zero-order chi connectivity index (χ0) is 16.5. The minimum atomic E-state index is -4.48. The normalized spacial score (nSPS) is 12.1. The first-order valence-corrected chi connectivity index (χ1v) is 6.90. The first-order chi connectivity index (χ1) is 10.2. The van der Waals surface area contributed by atoms with Crippen molar-refractivity contribution in [3.63, 3.8) is 0 Å². The number of rotatable bonds is 2. The Bertz CT molecular complexity index is 745. The second-order valence-corrected chi connectivity index (χ2v) is 5.50. The minimum absolute atomic E-state index is 0.0347. The Morgan fingerprint density at radius 2 is 1.68 bits per heavy atom. The fourth-order valence-electron chi connectivity index (χ4n) is 1.61. The summed E-state index contributed by atoms with van der Waals surface area (Å²) in [5.74, 6) is -0.238. The molecule has 0 aromatic heterocycles. The molecule has 0 aliphatic rings. The van der Waals surface area contributed by atoms with Crippen LogP contribution in [0.3, 0.4) is 0 Å². The van der Waals surface area contributed by atoms with E-state index in [1.54, 1.807) is 0 Å². The third-order valence-corrected chi connectivity index (χ3v) is 3.48. The van der Waals surface area contributed by atoms with Crippen LogP contribution in [-0.2, 0) is 6.18 Å². The monoisotopic (exact) mass is 367 g/mol. The van der Waals surface area contributed by atoms with Crippen LogP contribution in [-0.4, -0.2) is 11.3 Å². The highest BCUT2D eigenvalue weighted by molar-refractivity contribution is 6.36. The number of phenolic OH excluding ortho intramolecular Hbond substituents is 1. The predicted octanol–water partition coefficient (Wildman–Crippen LogP) is 6.12. The molecular weight excluding hydrogens is 362 g/mol. The first kappa shape index (κ1) is 16.9. The van der Waals surface area contributed by atoms with E-state index >= 15 is 0 Å². The molecule has 0 aliphatic heterocycles. The van der Waals surface area contributed by atoms with E-state index in [1.165, 1.54) is 18.3 Å². The topological polar surface area (TPSA) is 32.6 Å². The molecule has 0 aliphatic carbocycles. The van der Waals surface area contributed by atoms with Crippen LogP contribution in [0.4, 0.5) is 18.9 Å². The van der Waals surface area contributed by atoms with Crippen molar-refractivity contribution in [3.8, 4) is 5.75 Å². The van der Waals surface area contributed by atoms with Crippen LogP contribution in [0, 0.1) is 0 Å². The molecule has 0 amide bonds. The van der Waals surface area contributed by atoms with Gasteiger partial charge in [-0.25, -0.2) is 0 Å². The van der Waals surface area contributed by atoms with E-state index in [-0.39, 0.29) is 32.1 Å². The molecule has 0 radical (unpaired) electrons. The van der Waals surface area contributed by atoms with Crippen LogP contribution in [0.25, 0.3) is 0 Å². The SMILES string of the molecule is Oc1c(Cl)cc(Cl)cc1C=Nc1ccc(C(F)(F)F)cc1Cl. The maximum atomic E-state index is 12.5. The molecule has 0 saturated heterocycles. The van der Waals surface area contributed by atoms with Crippen molar-refractivity contribution >= 4 is 46.7 Å². The van der Waals surface area contributed by atoms with E-state index < -0.39 is 11.7 Å². The Morgan fingerprint density at radius 3 is 2.27 bits per heavy atom. The van der Waals surface area contributed by atoms with Gasteiger partial charge in [0.05, 0.1) is 21.3 Å². The first-order valence-electron chi connectivity index (χ1n) is 5.77. The smallest absolute Gasteiger partial charge is 0.416 e. The minimum Gasteiger partial charge on any atom is -0.506 e. The number of phenols is 1. The zero-order valence-corrected chi connectivity index (χ0v) is 12.9. The van der Waals surface area contributed by atoms with Gasteiger partial charge in [-0.05, 0) is 30.3 Å². The van der Waals surface area contributed by atoms with Gasteiger partial charge in [-0.15, -0.1) is 0 Å². The molecule has 22 heavy (non-hydrogen) atoms. The van der Waals surface area contributed by atoms with Crippen molar-refractivity contribution in [1.29, 1.82) is 0 Å². The number of aromatic hydroxyl groups is 1. The molecule has 0 heterocycles. The fraction of sp³-hybridized carbons (Fsp3) is 0.0714. The summed E-state index contributed by atoms with van der Waals surface area (Å²) < 4.78 is 37.6. The van der Waals surface area contributed by atoms with E-state index in [0.29, 0.717) is 0 Å². The maximum absolute atomic E-state index is 12.5. The molecule has 0 saturated carbocycles. The number of hydrogen-bond donors (Lipinski definition) is 1. The molecule has 2 nitrogen and oxygen atoms in total. The maximum Gasteiger partial charge on any atom is 0.416 e. The van der Waals surface area contributed by atoms with E-state index in [1.807, 2.05) is 0 Å². The lowest BCUT2D eigenvalue weighted by molar-refractivity contribution is -0.137. The van der Waals surface area contributed by atoms with Gasteiger partial charge < -0.3 is 5.11 Å². The van der Waals surface area contributed by atoms with Gasteiger partial charge >= 0.3 is 6.18 Å². The summed E-state index contributed by atoms with van der Waals surface area (Å²) in [6, 6.07) is 5.53. The van der Waals surface area contributed by atoms with Gasteiger partial charge in [0.2, 0.25) is 0 Å². The van der Waals surface area contributed by atoms with Gasteiger partial charge in [0.25, 0.3) is 0 Å². The molecular formula is C14H7Cl3F3NO. The molecule has 0 bridgehead atoms. The number of alkyl halides is 3. The third-order valence-electron chi connectivity index (χ3n) is 2.68. The second-order valence-electron chi connectivity index (χ2n) is 4.25. The summed E-state index contributed by atoms with van der Waals surface area (Å²) in [6.45, 7) is 0. The lowest BCUT2D eigenvalue weighted by Crippen LogP contribution is -2.04. The zero-order valence-electron chi connectivity index (χ0n) is 10.6. The van der Waals surface area contributed by atoms with E-state index in [2.05, 4.69) is 4.99 Å². The molecule has 0 unspecified atom stereocenters. The molecule has 8 heteroatoms. The fourth-order valence-corrected chi connectivity index (χ4v) is 2.35. The van der Waals surface area contributed by atoms with Gasteiger partial charge in [-0.3, -0.25) is 4.99 Å². The number of hydrogen-bond acceptors (Lipinski definition) is 2. The number of benzene rings is 2. The summed E-state index contributed by atoms with van der Waals surface area (Å²) in [6.07, 6.45) is -3.27. The lowest BCUT2D eigenvalue weighted by atomic mass is 10.2. The van der Waals surface area contributed by atoms with Crippen molar-refractivity contribution in [2.24, 2.45) is 4.99 Å². The highest BCUT2D eigenvalue weighted by Gasteiger charge is 2.30. The van der Waals surface area contributed by atoms with Gasteiger partial charge in [0.1, 0.15) is 5.75 Å². The molecule has 0 atom stereocenters. The Labute approximate surface area is 138 Å². The summed E-state index contributed by atoms with van der Waals surface area (Å²) in [7, 11) is 0. The van der Waals surface area contributed by atoms with Crippen LogP contribution >= 0.6 is 34.8 Å². The summed E-state index contributed by atoms with van der Waals surface area (Å²) in [5, 5.41) is 9.90. The molecule has 116 valence electrons. The van der Waals surface area contributed by atoms with E-state index in [4.69, 9.17) is 34.8 Å². The highest BCUT2D eigenvalue weighted by atomic mass is 35.5. The summed E-state index contributed by atoms with van der Waals surface area (Å²) in [5.41, 5.74) is -0.538. The Balaban J connectivity index is 2.35. The van der Waals surface area contributed by atoms with Crippen molar-refractivity contribution < 1.29 is 18.3 Å². The predicted molar refractivity (Wildman–Crippen MR) is 81.8 cm³/mol. The van der Waals surface area contributed by atoms with Gasteiger partial charge in [-0.1, -0.05) is 34.8 Å². The van der Waals surface area contributed by atoms with Gasteiger partial charge in [0, 0.05) is 16.8 Å². The van der Waals surface area contributed by atoms with Gasteiger partial charge in [-0.2, -0.15) is 13.2 Å². The van der Waals surface area contributed by atoms with Crippen molar-refractivity contribution in [3.05, 3.63) is 56.5 Å². The van der Waals surface area contributed by atoms with Crippen molar-refractivity contribution in [2.75, 3.05) is 0 Å². The molecule has 2 aromatic rings. The third kappa shape index (κ3) is 3.85. The highest BCUT2D eigenvalue weighted by Crippen LogP contribution is 2.35. The summed E-state index contributed by atoms with van der Waals surface area (Å²) in [4.78, 5) is 3.94. The Kier molecular flexibility index (Phi) is 4.90. The van der Waals surface area contributed by atoms with Crippen LogP contribution in [0.5, 0.6) is 5.75 Å². The quantitative estimate of drug-likeness (QED) is 0.636. The molecule has 1 N–H and O–H groups in total. The number of nitrogens with zero attached hydrogens (tertiary/aromatic N) is 1. The Hall–Kier alpha value is -1.43. The number of halogens is 6. The Morgan fingerprint density at radius 1 is 1.00 bits per heavy atom. The second kappa shape index (κ2) is 6.36. The molecule has 2 aromatic carbocycles. The molecule has 0 fully saturated rings. The number of aliphatic imine (C=N–C) groups is 1. The largest absolute Gasteiger partial charge is 0.506 e. The standard InChI is InChI=1S/C14H7Cl3F3NO/c15-9-3-7(13(22)11(17)5-9)6-21-12-2-1-8(4-10(12)16)14(18,19)20/h1-6,22H. The van der Waals surface area contributed by atoms with Crippen molar-refractivity contribution in [1.82, 2.24) is 0 Å². The average molecular weight is 369 g/mol. The van der Waals surface area contributed by atoms with Gasteiger partial charge in [0.15, 0.2) is 0 Å². The van der Waals surface area contributed by atoms with E-state index in [0.717, 1.165) is 18.2 Å². The lowest BCUT2D eigenvalue weighted by Gasteiger charge is -2.08. The summed E-state index contributed by atoms with van der Waals surface area (Å²) >= 11 is 17.3. The van der Waals surface area contributed by atoms with Crippen LogP contribution in [0.2, 0.25) is 15.1 Å². The van der Waals surface area contributed by atoms with Crippen molar-refractivity contribution in [2.45, 2.75) is 6.18 Å². The van der Waals surface area contributed by atoms with Crippen LogP contribution in [0.15, 0.2) is 35.3 Å².